The van der Waals surface area contributed by atoms with Crippen LogP contribution in [0.15, 0.2) is 48.5 Å². The fourth-order valence-corrected chi connectivity index (χ4v) is 6.34. The Morgan fingerprint density at radius 3 is 1.66 bits per heavy atom. The van der Waals surface area contributed by atoms with Gasteiger partial charge in [0.15, 0.2) is 0 Å². The Balaban J connectivity index is 1.61. The number of hydrogen-bond acceptors (Lipinski definition) is 13. The lowest BCUT2D eigenvalue weighted by molar-refractivity contribution is -0.172. The van der Waals surface area contributed by atoms with Gasteiger partial charge in [-0.2, -0.15) is 0 Å². The van der Waals surface area contributed by atoms with Gasteiger partial charge in [-0.25, -0.2) is 4.79 Å². The lowest BCUT2D eigenvalue weighted by Gasteiger charge is -2.25. The third-order valence-corrected chi connectivity index (χ3v) is 9.25. The number of carbonyl (C=O) groups is 12. The average molecular weight is 897 g/mol. The first-order valence-electron chi connectivity index (χ1n) is 19.8. The first kappa shape index (κ1) is 50.6. The van der Waals surface area contributed by atoms with Gasteiger partial charge in [0.1, 0.15) is 6.54 Å². The van der Waals surface area contributed by atoms with E-state index in [0.29, 0.717) is 17.0 Å². The molecule has 0 saturated carbocycles. The molecule has 8 N–H and O–H groups in total. The van der Waals surface area contributed by atoms with Crippen molar-refractivity contribution < 1.29 is 82.8 Å². The molecule has 1 heterocycles. The highest BCUT2D eigenvalue weighted by Gasteiger charge is 2.34. The van der Waals surface area contributed by atoms with Gasteiger partial charge in [0.05, 0.1) is 24.8 Å². The number of carboxylic acids is 4. The van der Waals surface area contributed by atoms with Crippen LogP contribution in [0.1, 0.15) is 101 Å². The van der Waals surface area contributed by atoms with Gasteiger partial charge < -0.3 is 51.4 Å². The van der Waals surface area contributed by atoms with E-state index in [1.165, 1.54) is 18.2 Å². The van der Waals surface area contributed by atoms with E-state index in [1.54, 1.807) is 18.2 Å². The smallest absolute Gasteiger partial charge is 0.363 e. The second-order valence-electron chi connectivity index (χ2n) is 14.7. The van der Waals surface area contributed by atoms with E-state index in [0.717, 1.165) is 16.5 Å². The molecule has 1 saturated heterocycles. The summed E-state index contributed by atoms with van der Waals surface area (Å²) in [6.07, 6.45) is -4.43. The number of benzene rings is 2. The van der Waals surface area contributed by atoms with Gasteiger partial charge in [0, 0.05) is 74.4 Å². The topological polar surface area (TPSA) is 350 Å². The fraction of sp³-hybridized carbons (Fsp3) is 0.415. The third-order valence-electron chi connectivity index (χ3n) is 9.25. The highest BCUT2D eigenvalue weighted by atomic mass is 16.7. The second-order valence-corrected chi connectivity index (χ2v) is 14.7. The van der Waals surface area contributed by atoms with Crippen molar-refractivity contribution >= 4 is 71.2 Å². The average Bonchev–Trinajstić information content (AvgIpc) is 3.51. The maximum Gasteiger partial charge on any atom is 0.363 e. The number of carbonyl (C=O) groups excluding carboxylic acids is 8. The number of unbranched alkanes of at least 4 members (excludes halogenated alkanes) is 1. The van der Waals surface area contributed by atoms with Crippen molar-refractivity contribution in [3.63, 3.8) is 0 Å². The molecule has 23 nitrogen and oxygen atoms in total. The van der Waals surface area contributed by atoms with E-state index in [9.17, 15) is 78.0 Å². The highest BCUT2D eigenvalue weighted by Crippen LogP contribution is 2.16. The lowest BCUT2D eigenvalue weighted by Crippen LogP contribution is -2.47. The molecule has 2 aromatic rings. The Hall–Kier alpha value is -7.72. The molecule has 344 valence electrons. The molecule has 1 fully saturated rings. The molecule has 0 aromatic heterocycles. The van der Waals surface area contributed by atoms with Crippen molar-refractivity contribution in [3.05, 3.63) is 70.8 Å². The minimum atomic E-state index is -1.48. The Morgan fingerprint density at radius 2 is 1.12 bits per heavy atom. The van der Waals surface area contributed by atoms with Gasteiger partial charge in [-0.3, -0.25) is 52.7 Å². The molecule has 0 radical (unpaired) electrons. The van der Waals surface area contributed by atoms with Gasteiger partial charge in [-0.1, -0.05) is 23.8 Å². The number of nitrogens with one attached hydrogen (secondary N) is 4. The van der Waals surface area contributed by atoms with Crippen LogP contribution >= 0.6 is 0 Å². The summed E-state index contributed by atoms with van der Waals surface area (Å²) in [6, 6.07) is 7.28. The van der Waals surface area contributed by atoms with E-state index < -0.39 is 128 Å². The Morgan fingerprint density at radius 1 is 0.625 bits per heavy atom. The number of carboxylic acid groups (broad SMARTS) is 4. The molecule has 0 spiro atoms. The molecule has 7 amide bonds. The lowest BCUT2D eigenvalue weighted by atomic mass is 10.0. The Kier molecular flexibility index (Phi) is 19.5. The first-order valence-corrected chi connectivity index (χ1v) is 19.8. The number of aliphatic carboxylic acids is 4. The minimum Gasteiger partial charge on any atom is -0.481 e. The number of aryl methyl sites for hydroxylation is 1. The standard InChI is InChI=1S/C41H48N6O17/c1-23-6-4-7-24(14-23)39(61)42-12-2-3-13-46(22-38(59)60)34(52)18-29(21-37(57)58)44-30(48)16-27(19-35(53)54)43-31(49)17-28(20-36(55)56)45-40(62)25-8-5-9-26(15-25)41(63)64-47-32(50)10-11-33(47)51/h4-9,14-15,27-29H,2-3,10-13,16-22H2,1H3,(H,42,61)(H,43,49)(H,44,48)(H,45,62)(H,53,54)(H,55,56)(H,57,58)(H,59,60)/t27-,28-,29-/m1/s1. The minimum absolute atomic E-state index is 0.0958. The van der Waals surface area contributed by atoms with Crippen LogP contribution in [0.3, 0.4) is 0 Å². The number of hydrogen-bond donors (Lipinski definition) is 8. The van der Waals surface area contributed by atoms with Crippen molar-refractivity contribution in [2.45, 2.75) is 89.3 Å². The molecular weight excluding hydrogens is 848 g/mol. The normalized spacial score (nSPS) is 13.4. The van der Waals surface area contributed by atoms with Gasteiger partial charge >= 0.3 is 29.8 Å². The fourth-order valence-electron chi connectivity index (χ4n) is 6.34. The molecule has 0 aliphatic carbocycles. The predicted octanol–water partition coefficient (Wildman–Crippen LogP) is 0.00162. The van der Waals surface area contributed by atoms with E-state index >= 15 is 0 Å². The number of hydroxylamine groups is 2. The maximum atomic E-state index is 13.2. The van der Waals surface area contributed by atoms with Crippen molar-refractivity contribution in [1.82, 2.24) is 31.2 Å². The molecule has 1 aliphatic heterocycles. The quantitative estimate of drug-likeness (QED) is 0.0455. The molecule has 64 heavy (non-hydrogen) atoms. The maximum absolute atomic E-state index is 13.2. The molecule has 3 rings (SSSR count). The summed E-state index contributed by atoms with van der Waals surface area (Å²) in [5.74, 6) is -12.6. The summed E-state index contributed by atoms with van der Waals surface area (Å²) in [4.78, 5) is 154. The van der Waals surface area contributed by atoms with Gasteiger partial charge in [0.2, 0.25) is 17.7 Å². The van der Waals surface area contributed by atoms with Gasteiger partial charge in [0.25, 0.3) is 23.6 Å². The van der Waals surface area contributed by atoms with Crippen LogP contribution in [-0.2, 0) is 48.0 Å². The zero-order valence-corrected chi connectivity index (χ0v) is 34.5. The first-order chi connectivity index (χ1) is 30.2. The Bertz CT molecular complexity index is 2130. The van der Waals surface area contributed by atoms with Crippen LogP contribution in [-0.4, -0.2) is 139 Å². The van der Waals surface area contributed by atoms with E-state index in [4.69, 9.17) is 4.84 Å². The van der Waals surface area contributed by atoms with E-state index in [2.05, 4.69) is 21.3 Å². The van der Waals surface area contributed by atoms with Crippen LogP contribution in [0.4, 0.5) is 0 Å². The van der Waals surface area contributed by atoms with E-state index in [-0.39, 0.29) is 49.4 Å². The van der Waals surface area contributed by atoms with E-state index in [1.807, 2.05) is 13.0 Å². The molecule has 0 unspecified atom stereocenters. The molecule has 3 atom stereocenters. The van der Waals surface area contributed by atoms with Gasteiger partial charge in [-0.15, -0.1) is 5.06 Å². The summed E-state index contributed by atoms with van der Waals surface area (Å²) in [6.45, 7) is 1.17. The molecule has 2 aromatic carbocycles. The monoisotopic (exact) mass is 896 g/mol. The van der Waals surface area contributed by atoms with Crippen molar-refractivity contribution in [1.29, 1.82) is 0 Å². The summed E-state index contributed by atoms with van der Waals surface area (Å²) >= 11 is 0. The zero-order valence-electron chi connectivity index (χ0n) is 34.5. The molecule has 1 aliphatic rings. The van der Waals surface area contributed by atoms with Gasteiger partial charge in [-0.05, 0) is 50.1 Å². The number of nitrogens with zero attached hydrogens (tertiary/aromatic N) is 2. The molecule has 0 bridgehead atoms. The summed E-state index contributed by atoms with van der Waals surface area (Å²) < 4.78 is 0. The molecular formula is C41H48N6O17. The van der Waals surface area contributed by atoms with Crippen LogP contribution in [0.2, 0.25) is 0 Å². The van der Waals surface area contributed by atoms with Crippen LogP contribution in [0.5, 0.6) is 0 Å². The van der Waals surface area contributed by atoms with Crippen molar-refractivity contribution in [2.75, 3.05) is 19.6 Å². The van der Waals surface area contributed by atoms with Crippen molar-refractivity contribution in [3.8, 4) is 0 Å². The number of amides is 7. The van der Waals surface area contributed by atoms with Crippen LogP contribution in [0, 0.1) is 6.92 Å². The van der Waals surface area contributed by atoms with Crippen LogP contribution in [0.25, 0.3) is 0 Å². The third kappa shape index (κ3) is 17.7. The Labute approximate surface area is 364 Å². The largest absolute Gasteiger partial charge is 0.481 e. The highest BCUT2D eigenvalue weighted by molar-refractivity contribution is 6.03. The predicted molar refractivity (Wildman–Crippen MR) is 216 cm³/mol. The number of rotatable bonds is 26. The van der Waals surface area contributed by atoms with Crippen molar-refractivity contribution in [2.24, 2.45) is 0 Å². The second kappa shape index (κ2) is 24.7. The molecule has 23 heteroatoms. The summed E-state index contributed by atoms with van der Waals surface area (Å²) in [5, 5.41) is 47.8. The van der Waals surface area contributed by atoms with Crippen LogP contribution < -0.4 is 21.3 Å². The summed E-state index contributed by atoms with van der Waals surface area (Å²) in [5.41, 5.74) is 0.849. The SMILES string of the molecule is Cc1cccc(C(=O)NCCCCN(CC(=O)O)C(=O)C[C@H](CC(=O)O)NC(=O)C[C@H](CC(=O)O)NC(=O)C[C@H](CC(=O)O)NC(=O)c2cccc(C(=O)ON3C(=O)CCC3=O)c2)c1. The summed E-state index contributed by atoms with van der Waals surface area (Å²) in [7, 11) is 0. The zero-order chi connectivity index (χ0) is 47.5. The number of imide groups is 1.